The van der Waals surface area contributed by atoms with Crippen LogP contribution in [0, 0.1) is 5.92 Å². The molecule has 2 fully saturated rings. The Morgan fingerprint density at radius 2 is 2.08 bits per heavy atom. The summed E-state index contributed by atoms with van der Waals surface area (Å²) in [6, 6.07) is 10.4. The van der Waals surface area contributed by atoms with E-state index in [1.165, 1.54) is 5.56 Å². The Morgan fingerprint density at radius 3 is 2.62 bits per heavy atom. The monoisotopic (exact) mass is 175 g/mol. The van der Waals surface area contributed by atoms with Gasteiger partial charge in [-0.2, -0.15) is 0 Å². The fourth-order valence-corrected chi connectivity index (χ4v) is 2.43. The predicted molar refractivity (Wildman–Crippen MR) is 50.2 cm³/mol. The number of fused-ring (bicyclic) bond motifs is 1. The first-order valence-electron chi connectivity index (χ1n) is 4.81. The van der Waals surface area contributed by atoms with Crippen molar-refractivity contribution in [2.24, 2.45) is 5.92 Å². The van der Waals surface area contributed by atoms with E-state index in [1.54, 1.807) is 0 Å². The molecule has 0 spiro atoms. The molecule has 0 aromatic heterocycles. The third kappa shape index (κ3) is 0.960. The van der Waals surface area contributed by atoms with Gasteiger partial charge in [-0.1, -0.05) is 30.3 Å². The molecular weight excluding hydrogens is 162 g/mol. The number of hydrogen-bond donors (Lipinski definition) is 2. The highest BCUT2D eigenvalue weighted by Gasteiger charge is 2.62. The molecule has 1 aliphatic heterocycles. The lowest BCUT2D eigenvalue weighted by atomic mass is 10.0. The minimum Gasteiger partial charge on any atom is -0.388 e. The van der Waals surface area contributed by atoms with Crippen molar-refractivity contribution in [3.63, 3.8) is 0 Å². The van der Waals surface area contributed by atoms with Crippen LogP contribution in [0.4, 0.5) is 0 Å². The van der Waals surface area contributed by atoms with Crippen molar-refractivity contribution in [1.29, 1.82) is 0 Å². The van der Waals surface area contributed by atoms with E-state index in [4.69, 9.17) is 0 Å². The van der Waals surface area contributed by atoms with Crippen LogP contribution in [0.5, 0.6) is 0 Å². The average Bonchev–Trinajstić information content (AvgIpc) is 2.71. The average molecular weight is 175 g/mol. The molecule has 2 heteroatoms. The van der Waals surface area contributed by atoms with E-state index in [9.17, 15) is 5.11 Å². The minimum absolute atomic E-state index is 0.165. The third-order valence-corrected chi connectivity index (χ3v) is 3.32. The number of hydrogen-bond acceptors (Lipinski definition) is 2. The molecule has 1 aromatic carbocycles. The molecule has 1 saturated heterocycles. The fourth-order valence-electron chi connectivity index (χ4n) is 2.43. The van der Waals surface area contributed by atoms with E-state index in [0.29, 0.717) is 5.92 Å². The van der Waals surface area contributed by atoms with Crippen LogP contribution in [0.1, 0.15) is 18.0 Å². The Labute approximate surface area is 77.6 Å². The van der Waals surface area contributed by atoms with Gasteiger partial charge in [0.15, 0.2) is 0 Å². The van der Waals surface area contributed by atoms with E-state index < -0.39 is 5.60 Å². The van der Waals surface area contributed by atoms with Gasteiger partial charge in [0.2, 0.25) is 0 Å². The molecule has 2 N–H and O–H groups in total. The molecule has 0 bridgehead atoms. The number of rotatable bonds is 1. The van der Waals surface area contributed by atoms with Crippen molar-refractivity contribution in [2.75, 3.05) is 6.54 Å². The van der Waals surface area contributed by atoms with Crippen molar-refractivity contribution in [3.05, 3.63) is 35.9 Å². The summed E-state index contributed by atoms with van der Waals surface area (Å²) >= 11 is 0. The Hall–Kier alpha value is -0.860. The zero-order valence-corrected chi connectivity index (χ0v) is 7.40. The molecule has 3 atom stereocenters. The van der Waals surface area contributed by atoms with Crippen molar-refractivity contribution >= 4 is 0 Å². The zero-order valence-electron chi connectivity index (χ0n) is 7.40. The summed E-state index contributed by atoms with van der Waals surface area (Å²) in [6.45, 7) is 0.968. The Balaban J connectivity index is 1.94. The predicted octanol–water partition coefficient (Wildman–Crippen LogP) is 1.08. The number of nitrogens with one attached hydrogen (secondary N) is 1. The Morgan fingerprint density at radius 1 is 1.31 bits per heavy atom. The van der Waals surface area contributed by atoms with E-state index >= 15 is 0 Å². The third-order valence-electron chi connectivity index (χ3n) is 3.32. The van der Waals surface area contributed by atoms with Gasteiger partial charge in [0.05, 0.1) is 11.6 Å². The molecule has 1 aromatic rings. The molecule has 1 heterocycles. The van der Waals surface area contributed by atoms with Crippen molar-refractivity contribution in [3.8, 4) is 0 Å². The first kappa shape index (κ1) is 7.54. The lowest BCUT2D eigenvalue weighted by molar-refractivity contribution is 0.116. The van der Waals surface area contributed by atoms with Crippen LogP contribution in [0.2, 0.25) is 0 Å². The maximum absolute atomic E-state index is 10.1. The molecule has 1 aliphatic carbocycles. The topological polar surface area (TPSA) is 32.3 Å². The summed E-state index contributed by atoms with van der Waals surface area (Å²) in [7, 11) is 0. The Bertz CT molecular complexity index is 322. The van der Waals surface area contributed by atoms with Crippen LogP contribution in [0.25, 0.3) is 0 Å². The summed E-state index contributed by atoms with van der Waals surface area (Å²) in [6.07, 6.45) is 0.972. The van der Waals surface area contributed by atoms with Crippen LogP contribution in [-0.4, -0.2) is 17.3 Å². The molecule has 0 amide bonds. The van der Waals surface area contributed by atoms with Crippen LogP contribution >= 0.6 is 0 Å². The van der Waals surface area contributed by atoms with Gasteiger partial charge in [-0.05, 0) is 12.0 Å². The largest absolute Gasteiger partial charge is 0.388 e. The molecule has 1 saturated carbocycles. The van der Waals surface area contributed by atoms with Crippen LogP contribution < -0.4 is 5.32 Å². The maximum Gasteiger partial charge on any atom is 0.0886 e. The smallest absolute Gasteiger partial charge is 0.0886 e. The van der Waals surface area contributed by atoms with Crippen LogP contribution in [0.15, 0.2) is 30.3 Å². The van der Waals surface area contributed by atoms with Gasteiger partial charge >= 0.3 is 0 Å². The fraction of sp³-hybridized carbons (Fsp3) is 0.455. The highest BCUT2D eigenvalue weighted by molar-refractivity contribution is 5.30. The molecule has 68 valence electrons. The summed E-state index contributed by atoms with van der Waals surface area (Å²) in [5.74, 6) is 0.498. The standard InChI is InChI=1S/C11H13NO/c13-11-6-9(11)7-12-10(11)8-4-2-1-3-5-8/h1-5,9-10,12-13H,6-7H2/t9?,10-,11+/m1/s1. The summed E-state index contributed by atoms with van der Waals surface area (Å²) < 4.78 is 0. The summed E-state index contributed by atoms with van der Waals surface area (Å²) in [4.78, 5) is 0. The van der Waals surface area contributed by atoms with Gasteiger partial charge in [-0.3, -0.25) is 0 Å². The van der Waals surface area contributed by atoms with Crippen molar-refractivity contribution < 1.29 is 5.11 Å². The van der Waals surface area contributed by atoms with Crippen LogP contribution in [-0.2, 0) is 0 Å². The molecule has 13 heavy (non-hydrogen) atoms. The highest BCUT2D eigenvalue weighted by Crippen LogP contribution is 2.55. The molecule has 1 unspecified atom stereocenters. The van der Waals surface area contributed by atoms with Gasteiger partial charge in [0.25, 0.3) is 0 Å². The van der Waals surface area contributed by atoms with Crippen LogP contribution in [0.3, 0.4) is 0 Å². The minimum atomic E-state index is -0.429. The maximum atomic E-state index is 10.1. The normalized spacial score (nSPS) is 41.6. The molecule has 0 radical (unpaired) electrons. The second-order valence-corrected chi connectivity index (χ2v) is 4.14. The van der Waals surface area contributed by atoms with E-state index in [0.717, 1.165) is 13.0 Å². The first-order valence-corrected chi connectivity index (χ1v) is 4.81. The zero-order chi connectivity index (χ0) is 8.89. The Kier molecular flexibility index (Phi) is 1.35. The summed E-state index contributed by atoms with van der Waals surface area (Å²) in [5, 5.41) is 13.5. The van der Waals surface area contributed by atoms with E-state index in [1.807, 2.05) is 18.2 Å². The number of aliphatic hydroxyl groups is 1. The number of piperidine rings is 1. The molecule has 2 nitrogen and oxygen atoms in total. The van der Waals surface area contributed by atoms with Gasteiger partial charge in [0.1, 0.15) is 0 Å². The lowest BCUT2D eigenvalue weighted by Crippen LogP contribution is -2.26. The van der Waals surface area contributed by atoms with E-state index in [-0.39, 0.29) is 6.04 Å². The first-order chi connectivity index (χ1) is 6.31. The molecule has 3 rings (SSSR count). The second-order valence-electron chi connectivity index (χ2n) is 4.14. The lowest BCUT2D eigenvalue weighted by Gasteiger charge is -2.18. The SMILES string of the molecule is O[C@@]12CC1CN[C@@H]2c1ccccc1. The molecule has 2 aliphatic rings. The summed E-state index contributed by atoms with van der Waals surface area (Å²) in [5.41, 5.74) is 0.784. The van der Waals surface area contributed by atoms with Gasteiger partial charge in [-0.25, -0.2) is 0 Å². The van der Waals surface area contributed by atoms with Gasteiger partial charge < -0.3 is 10.4 Å². The van der Waals surface area contributed by atoms with Gasteiger partial charge in [0, 0.05) is 12.5 Å². The quantitative estimate of drug-likeness (QED) is 0.669. The highest BCUT2D eigenvalue weighted by atomic mass is 16.3. The van der Waals surface area contributed by atoms with Gasteiger partial charge in [-0.15, -0.1) is 0 Å². The van der Waals surface area contributed by atoms with E-state index in [2.05, 4.69) is 17.4 Å². The number of benzene rings is 1. The second kappa shape index (κ2) is 2.34. The van der Waals surface area contributed by atoms with Crippen molar-refractivity contribution in [1.82, 2.24) is 5.32 Å². The van der Waals surface area contributed by atoms with Crippen molar-refractivity contribution in [2.45, 2.75) is 18.1 Å². The molecular formula is C11H13NO.